The van der Waals surface area contributed by atoms with Crippen molar-refractivity contribution in [2.75, 3.05) is 0 Å². The van der Waals surface area contributed by atoms with Crippen LogP contribution >= 0.6 is 0 Å². The van der Waals surface area contributed by atoms with E-state index in [1.165, 1.54) is 11.1 Å². The van der Waals surface area contributed by atoms with Gasteiger partial charge in [-0.15, -0.1) is 0 Å². The number of hydrogen-bond acceptors (Lipinski definition) is 1. The third-order valence-corrected chi connectivity index (χ3v) is 2.82. The average Bonchev–Trinajstić information content (AvgIpc) is 2.15. The molecule has 0 aromatic heterocycles. The Kier molecular flexibility index (Phi) is 2.26. The first kappa shape index (κ1) is 10.2. The zero-order valence-corrected chi connectivity index (χ0v) is 9.50. The van der Waals surface area contributed by atoms with Crippen LogP contribution in [-0.4, -0.2) is 5.78 Å². The first-order chi connectivity index (χ1) is 6.97. The second-order valence-corrected chi connectivity index (χ2v) is 5.14. The van der Waals surface area contributed by atoms with Crippen LogP contribution in [0.4, 0.5) is 0 Å². The summed E-state index contributed by atoms with van der Waals surface area (Å²) in [5.41, 5.74) is 3.79. The molecule has 15 heavy (non-hydrogen) atoms. The Bertz CT molecular complexity index is 433. The Morgan fingerprint density at radius 1 is 1.13 bits per heavy atom. The van der Waals surface area contributed by atoms with E-state index in [9.17, 15) is 4.79 Å². The Labute approximate surface area is 90.8 Å². The van der Waals surface area contributed by atoms with Gasteiger partial charge in [0.15, 0.2) is 5.78 Å². The van der Waals surface area contributed by atoms with Crippen molar-refractivity contribution in [2.24, 2.45) is 0 Å². The lowest BCUT2D eigenvalue weighted by molar-refractivity contribution is -0.114. The Balaban J connectivity index is 2.47. The standard InChI is InChI=1S/C14H16O/c1-14(2,3)12-6-4-10-5-7-13(15)9-11(10)8-12/h4-8H,9H2,1-3H3. The van der Waals surface area contributed by atoms with Crippen molar-refractivity contribution in [1.29, 1.82) is 0 Å². The molecule has 1 aliphatic rings. The second kappa shape index (κ2) is 3.34. The maximum absolute atomic E-state index is 11.3. The van der Waals surface area contributed by atoms with Gasteiger partial charge < -0.3 is 0 Å². The summed E-state index contributed by atoms with van der Waals surface area (Å²) in [6.07, 6.45) is 4.13. The lowest BCUT2D eigenvalue weighted by Crippen LogP contribution is -2.13. The molecular formula is C14H16O. The SMILES string of the molecule is CC(C)(C)c1ccc2c(c1)CC(=O)C=C2. The third kappa shape index (κ3) is 2.01. The number of benzene rings is 1. The van der Waals surface area contributed by atoms with Crippen molar-refractivity contribution in [3.63, 3.8) is 0 Å². The summed E-state index contributed by atoms with van der Waals surface area (Å²) < 4.78 is 0. The van der Waals surface area contributed by atoms with Gasteiger partial charge in [0.2, 0.25) is 0 Å². The largest absolute Gasteiger partial charge is 0.294 e. The van der Waals surface area contributed by atoms with Crippen molar-refractivity contribution >= 4 is 11.9 Å². The van der Waals surface area contributed by atoms with Gasteiger partial charge in [-0.05, 0) is 28.2 Å². The molecule has 1 aromatic carbocycles. The molecule has 2 rings (SSSR count). The zero-order chi connectivity index (χ0) is 11.1. The van der Waals surface area contributed by atoms with E-state index in [1.807, 2.05) is 6.08 Å². The van der Waals surface area contributed by atoms with Crippen molar-refractivity contribution in [2.45, 2.75) is 32.6 Å². The molecule has 0 spiro atoms. The smallest absolute Gasteiger partial charge is 0.160 e. The number of ketones is 1. The van der Waals surface area contributed by atoms with Crippen LogP contribution < -0.4 is 0 Å². The number of hydrogen-bond donors (Lipinski definition) is 0. The summed E-state index contributed by atoms with van der Waals surface area (Å²) in [5.74, 6) is 0.202. The minimum atomic E-state index is 0.152. The van der Waals surface area contributed by atoms with Gasteiger partial charge in [-0.1, -0.05) is 45.0 Å². The predicted octanol–water partition coefficient (Wildman–Crippen LogP) is 3.12. The van der Waals surface area contributed by atoms with E-state index >= 15 is 0 Å². The molecule has 0 saturated heterocycles. The van der Waals surface area contributed by atoms with E-state index in [2.05, 4.69) is 39.0 Å². The molecule has 0 heterocycles. The zero-order valence-electron chi connectivity index (χ0n) is 9.50. The summed E-state index contributed by atoms with van der Waals surface area (Å²) in [6, 6.07) is 6.43. The highest BCUT2D eigenvalue weighted by Crippen LogP contribution is 2.26. The normalized spacial score (nSPS) is 15.3. The fourth-order valence-electron chi connectivity index (χ4n) is 1.82. The first-order valence-corrected chi connectivity index (χ1v) is 5.31. The van der Waals surface area contributed by atoms with Crippen LogP contribution in [0.3, 0.4) is 0 Å². The van der Waals surface area contributed by atoms with E-state index < -0.39 is 0 Å². The number of fused-ring (bicyclic) bond motifs is 1. The van der Waals surface area contributed by atoms with E-state index in [1.54, 1.807) is 6.08 Å². The highest BCUT2D eigenvalue weighted by molar-refractivity contribution is 5.98. The van der Waals surface area contributed by atoms with Crippen LogP contribution in [0.1, 0.15) is 37.5 Å². The van der Waals surface area contributed by atoms with Crippen LogP contribution in [-0.2, 0) is 16.6 Å². The van der Waals surface area contributed by atoms with Gasteiger partial charge in [-0.25, -0.2) is 0 Å². The van der Waals surface area contributed by atoms with Crippen LogP contribution in [0.25, 0.3) is 6.08 Å². The lowest BCUT2D eigenvalue weighted by atomic mass is 9.83. The van der Waals surface area contributed by atoms with Gasteiger partial charge >= 0.3 is 0 Å². The molecule has 0 unspecified atom stereocenters. The minimum absolute atomic E-state index is 0.152. The molecule has 1 aromatic rings. The van der Waals surface area contributed by atoms with Gasteiger partial charge in [0.05, 0.1) is 0 Å². The summed E-state index contributed by atoms with van der Waals surface area (Å²) in [6.45, 7) is 6.57. The number of allylic oxidation sites excluding steroid dienone is 1. The van der Waals surface area contributed by atoms with Gasteiger partial charge in [0.25, 0.3) is 0 Å². The van der Waals surface area contributed by atoms with Crippen LogP contribution in [0.2, 0.25) is 0 Å². The highest BCUT2D eigenvalue weighted by Gasteiger charge is 2.17. The molecular weight excluding hydrogens is 184 g/mol. The maximum atomic E-state index is 11.3. The number of carbonyl (C=O) groups is 1. The van der Waals surface area contributed by atoms with Crippen LogP contribution in [0, 0.1) is 0 Å². The van der Waals surface area contributed by atoms with E-state index in [0.29, 0.717) is 6.42 Å². The predicted molar refractivity (Wildman–Crippen MR) is 62.9 cm³/mol. The van der Waals surface area contributed by atoms with Gasteiger partial charge in [0.1, 0.15) is 0 Å². The van der Waals surface area contributed by atoms with Crippen LogP contribution in [0.5, 0.6) is 0 Å². The van der Waals surface area contributed by atoms with Gasteiger partial charge in [-0.2, -0.15) is 0 Å². The first-order valence-electron chi connectivity index (χ1n) is 5.31. The quantitative estimate of drug-likeness (QED) is 0.629. The highest BCUT2D eigenvalue weighted by atomic mass is 16.1. The van der Waals surface area contributed by atoms with E-state index in [0.717, 1.165) is 5.56 Å². The van der Waals surface area contributed by atoms with Crippen molar-refractivity contribution in [3.8, 4) is 0 Å². The number of carbonyl (C=O) groups excluding carboxylic acids is 1. The van der Waals surface area contributed by atoms with Crippen molar-refractivity contribution in [1.82, 2.24) is 0 Å². The van der Waals surface area contributed by atoms with Gasteiger partial charge in [0, 0.05) is 6.42 Å². The second-order valence-electron chi connectivity index (χ2n) is 5.14. The van der Waals surface area contributed by atoms with Crippen LogP contribution in [0.15, 0.2) is 24.3 Å². The third-order valence-electron chi connectivity index (χ3n) is 2.82. The molecule has 78 valence electrons. The molecule has 0 atom stereocenters. The Morgan fingerprint density at radius 3 is 2.53 bits per heavy atom. The van der Waals surface area contributed by atoms with Gasteiger partial charge in [-0.3, -0.25) is 4.79 Å². The fourth-order valence-corrected chi connectivity index (χ4v) is 1.82. The van der Waals surface area contributed by atoms with Crippen molar-refractivity contribution in [3.05, 3.63) is 41.0 Å². The summed E-state index contributed by atoms with van der Waals surface area (Å²) in [5, 5.41) is 0. The minimum Gasteiger partial charge on any atom is -0.294 e. The lowest BCUT2D eigenvalue weighted by Gasteiger charge is -2.21. The summed E-state index contributed by atoms with van der Waals surface area (Å²) in [4.78, 5) is 11.3. The topological polar surface area (TPSA) is 17.1 Å². The molecule has 0 fully saturated rings. The molecule has 0 aliphatic heterocycles. The summed E-state index contributed by atoms with van der Waals surface area (Å²) in [7, 11) is 0. The number of rotatable bonds is 0. The summed E-state index contributed by atoms with van der Waals surface area (Å²) >= 11 is 0. The Hall–Kier alpha value is -1.37. The molecule has 1 heteroatoms. The molecule has 0 amide bonds. The molecule has 0 radical (unpaired) electrons. The average molecular weight is 200 g/mol. The van der Waals surface area contributed by atoms with Crippen molar-refractivity contribution < 1.29 is 4.79 Å². The fraction of sp³-hybridized carbons (Fsp3) is 0.357. The molecule has 1 aliphatic carbocycles. The monoisotopic (exact) mass is 200 g/mol. The molecule has 0 bridgehead atoms. The maximum Gasteiger partial charge on any atom is 0.160 e. The molecule has 0 N–H and O–H groups in total. The molecule has 1 nitrogen and oxygen atoms in total. The van der Waals surface area contributed by atoms with E-state index in [4.69, 9.17) is 0 Å². The van der Waals surface area contributed by atoms with E-state index in [-0.39, 0.29) is 11.2 Å². The Morgan fingerprint density at radius 2 is 1.87 bits per heavy atom. The molecule has 0 saturated carbocycles.